The minimum absolute atomic E-state index is 0.128. The Kier molecular flexibility index (Phi) is 10.9. The fourth-order valence-electron chi connectivity index (χ4n) is 8.24. The number of hydrogen-bond acceptors (Lipinski definition) is 3. The van der Waals surface area contributed by atoms with Gasteiger partial charge in [0.1, 0.15) is 5.75 Å². The van der Waals surface area contributed by atoms with Crippen molar-refractivity contribution in [2.45, 2.75) is 102 Å². The standard InChI is InChI=1S/C33H48F5NO2S/c1-23-10-13-29-30-24(21-25-22-26(40)11-12-27(25)28(30)14-16-31(23,29)2)9-5-4-6-17-39(3)18-8-20-42(41)19-7-15-32(34,35)33(36,37)38/h11-12,22,24,28-30,40H,1,4-10,13-21H2,2-3H3/t24-,28?,29?,30?,31-,42?/m1/s1. The molecule has 42 heavy (non-hydrogen) atoms. The van der Waals surface area contributed by atoms with Gasteiger partial charge in [-0.25, -0.2) is 0 Å². The molecule has 0 aromatic heterocycles. The smallest absolute Gasteiger partial charge is 0.453 e. The fraction of sp³-hybridized carbons (Fsp3) is 0.758. The number of rotatable bonds is 14. The zero-order valence-corrected chi connectivity index (χ0v) is 26.0. The first kappa shape index (κ1) is 33.4. The van der Waals surface area contributed by atoms with Gasteiger partial charge >= 0.3 is 12.1 Å². The number of benzene rings is 1. The predicted octanol–water partition coefficient (Wildman–Crippen LogP) is 8.64. The van der Waals surface area contributed by atoms with Crippen molar-refractivity contribution in [1.29, 1.82) is 0 Å². The Hall–Kier alpha value is -1.48. The van der Waals surface area contributed by atoms with E-state index in [0.29, 0.717) is 41.6 Å². The Morgan fingerprint density at radius 1 is 1.05 bits per heavy atom. The number of hydrogen-bond donors (Lipinski definition) is 1. The van der Waals surface area contributed by atoms with Gasteiger partial charge in [-0.3, -0.25) is 4.21 Å². The number of alkyl halides is 5. The minimum atomic E-state index is -5.55. The molecule has 9 heteroatoms. The summed E-state index contributed by atoms with van der Waals surface area (Å²) in [4.78, 5) is 2.18. The molecule has 0 radical (unpaired) electrons. The summed E-state index contributed by atoms with van der Waals surface area (Å²) in [6, 6.07) is 6.01. The first-order chi connectivity index (χ1) is 19.7. The van der Waals surface area contributed by atoms with Crippen LogP contribution in [-0.2, 0) is 17.2 Å². The first-order valence-corrected chi connectivity index (χ1v) is 17.2. The van der Waals surface area contributed by atoms with Crippen LogP contribution in [0.25, 0.3) is 0 Å². The van der Waals surface area contributed by atoms with E-state index in [-0.39, 0.29) is 11.2 Å². The lowest BCUT2D eigenvalue weighted by atomic mass is 9.52. The molecule has 0 bridgehead atoms. The molecule has 1 N–H and O–H groups in total. The van der Waals surface area contributed by atoms with Crippen molar-refractivity contribution in [3.8, 4) is 5.75 Å². The van der Waals surface area contributed by atoms with E-state index < -0.39 is 35.7 Å². The lowest BCUT2D eigenvalue weighted by Crippen LogP contribution is -2.44. The summed E-state index contributed by atoms with van der Waals surface area (Å²) in [6.45, 7) is 8.56. The van der Waals surface area contributed by atoms with Crippen molar-refractivity contribution in [3.05, 3.63) is 41.5 Å². The van der Waals surface area contributed by atoms with Gasteiger partial charge in [-0.15, -0.1) is 0 Å². The molecule has 3 nitrogen and oxygen atoms in total. The Morgan fingerprint density at radius 2 is 1.76 bits per heavy atom. The van der Waals surface area contributed by atoms with Crippen LogP contribution >= 0.6 is 0 Å². The molecule has 0 heterocycles. The van der Waals surface area contributed by atoms with Gasteiger partial charge in [0.05, 0.1) is 0 Å². The van der Waals surface area contributed by atoms with Crippen LogP contribution in [0.3, 0.4) is 0 Å². The molecule has 2 fully saturated rings. The summed E-state index contributed by atoms with van der Waals surface area (Å²) in [7, 11) is 0.625. The van der Waals surface area contributed by atoms with Crippen molar-refractivity contribution in [1.82, 2.24) is 4.90 Å². The SMILES string of the molecule is C=C1CCC2C3C(CC[C@]12C)c1ccc(O)cc1C[C@H]3CCCCCN(C)CCCS(=O)CCCC(F)(F)C(F)(F)F. The molecule has 3 aliphatic rings. The Labute approximate surface area is 250 Å². The molecular weight excluding hydrogens is 569 g/mol. The second kappa shape index (κ2) is 13.7. The average molecular weight is 618 g/mol. The summed E-state index contributed by atoms with van der Waals surface area (Å²) in [5.74, 6) is -1.63. The number of aromatic hydroxyl groups is 1. The Balaban J connectivity index is 1.18. The number of unbranched alkanes of at least 4 members (excludes halogenated alkanes) is 2. The number of phenolic OH excluding ortho intramolecular Hbond substituents is 1. The van der Waals surface area contributed by atoms with Crippen molar-refractivity contribution >= 4 is 10.8 Å². The number of halogens is 5. The number of fused-ring (bicyclic) bond motifs is 5. The zero-order valence-electron chi connectivity index (χ0n) is 25.2. The lowest BCUT2D eigenvalue weighted by molar-refractivity contribution is -0.284. The van der Waals surface area contributed by atoms with Crippen molar-refractivity contribution < 1.29 is 31.3 Å². The van der Waals surface area contributed by atoms with Crippen LogP contribution in [0.2, 0.25) is 0 Å². The monoisotopic (exact) mass is 617 g/mol. The molecule has 2 saturated carbocycles. The van der Waals surface area contributed by atoms with Crippen LogP contribution in [0.5, 0.6) is 5.75 Å². The van der Waals surface area contributed by atoms with Crippen molar-refractivity contribution in [3.63, 3.8) is 0 Å². The number of allylic oxidation sites excluding steroid dienone is 1. The van der Waals surface area contributed by atoms with Crippen LogP contribution in [0.1, 0.15) is 94.6 Å². The highest BCUT2D eigenvalue weighted by molar-refractivity contribution is 7.84. The van der Waals surface area contributed by atoms with Gasteiger partial charge in [-0.05, 0) is 130 Å². The van der Waals surface area contributed by atoms with Crippen molar-refractivity contribution in [2.75, 3.05) is 31.6 Å². The highest BCUT2D eigenvalue weighted by Crippen LogP contribution is 2.64. The average Bonchev–Trinajstić information content (AvgIpc) is 3.21. The van der Waals surface area contributed by atoms with E-state index in [1.165, 1.54) is 42.4 Å². The largest absolute Gasteiger partial charge is 0.508 e. The third kappa shape index (κ3) is 7.59. The third-order valence-corrected chi connectivity index (χ3v) is 12.1. The molecule has 3 aliphatic carbocycles. The first-order valence-electron chi connectivity index (χ1n) is 15.7. The van der Waals surface area contributed by atoms with Crippen LogP contribution in [0.4, 0.5) is 22.0 Å². The third-order valence-electron chi connectivity index (χ3n) is 10.6. The Morgan fingerprint density at radius 3 is 2.50 bits per heavy atom. The molecule has 0 amide bonds. The Bertz CT molecular complexity index is 1110. The van der Waals surface area contributed by atoms with Crippen LogP contribution in [-0.4, -0.2) is 58.0 Å². The molecule has 0 aliphatic heterocycles. The highest BCUT2D eigenvalue weighted by atomic mass is 32.2. The van der Waals surface area contributed by atoms with Gasteiger partial charge in [0.25, 0.3) is 0 Å². The van der Waals surface area contributed by atoms with E-state index in [2.05, 4.69) is 24.5 Å². The maximum absolute atomic E-state index is 13.0. The summed E-state index contributed by atoms with van der Waals surface area (Å²) >= 11 is 0. The van der Waals surface area contributed by atoms with Crippen LogP contribution in [0.15, 0.2) is 30.4 Å². The van der Waals surface area contributed by atoms with E-state index in [9.17, 15) is 31.3 Å². The van der Waals surface area contributed by atoms with E-state index in [1.54, 1.807) is 0 Å². The van der Waals surface area contributed by atoms with Gasteiger partial charge in [0, 0.05) is 28.7 Å². The molecule has 6 atom stereocenters. The maximum atomic E-state index is 13.0. The summed E-state index contributed by atoms with van der Waals surface area (Å²) in [6.07, 6.45) is 3.72. The molecule has 0 spiro atoms. The molecule has 4 unspecified atom stereocenters. The van der Waals surface area contributed by atoms with Gasteiger partial charge in [0.2, 0.25) is 0 Å². The second-order valence-corrected chi connectivity index (χ2v) is 15.1. The zero-order chi connectivity index (χ0) is 30.7. The molecular formula is C33H48F5NO2S. The topological polar surface area (TPSA) is 40.5 Å². The minimum Gasteiger partial charge on any atom is -0.508 e. The van der Waals surface area contributed by atoms with Gasteiger partial charge in [-0.1, -0.05) is 38.0 Å². The summed E-state index contributed by atoms with van der Waals surface area (Å²) in [5.41, 5.74) is 4.48. The van der Waals surface area contributed by atoms with Gasteiger partial charge in [-0.2, -0.15) is 22.0 Å². The normalized spacial score (nSPS) is 28.4. The van der Waals surface area contributed by atoms with Crippen LogP contribution in [0, 0.1) is 23.2 Å². The molecule has 0 saturated heterocycles. The molecule has 1 aromatic rings. The number of phenols is 1. The predicted molar refractivity (Wildman–Crippen MR) is 159 cm³/mol. The lowest BCUT2D eigenvalue weighted by Gasteiger charge is -2.52. The molecule has 238 valence electrons. The highest BCUT2D eigenvalue weighted by Gasteiger charge is 2.56. The van der Waals surface area contributed by atoms with E-state index in [4.69, 9.17) is 0 Å². The summed E-state index contributed by atoms with van der Waals surface area (Å²) < 4.78 is 74.8. The second-order valence-electron chi connectivity index (χ2n) is 13.4. The van der Waals surface area contributed by atoms with Crippen LogP contribution < -0.4 is 0 Å². The van der Waals surface area contributed by atoms with E-state index in [0.717, 1.165) is 45.2 Å². The fourth-order valence-corrected chi connectivity index (χ4v) is 9.36. The quantitative estimate of drug-likeness (QED) is 0.129. The number of nitrogens with zero attached hydrogens (tertiary/aromatic N) is 1. The van der Waals surface area contributed by atoms with E-state index in [1.807, 2.05) is 19.2 Å². The van der Waals surface area contributed by atoms with Crippen molar-refractivity contribution in [2.24, 2.45) is 23.2 Å². The van der Waals surface area contributed by atoms with E-state index >= 15 is 0 Å². The molecule has 1 aromatic carbocycles. The maximum Gasteiger partial charge on any atom is 0.453 e. The van der Waals surface area contributed by atoms with Gasteiger partial charge < -0.3 is 10.0 Å². The summed E-state index contributed by atoms with van der Waals surface area (Å²) in [5, 5.41) is 10.2. The molecule has 4 rings (SSSR count). The van der Waals surface area contributed by atoms with Gasteiger partial charge in [0.15, 0.2) is 0 Å².